The van der Waals surface area contributed by atoms with Crippen LogP contribution in [0.4, 0.5) is 0 Å². The molecule has 0 bridgehead atoms. The van der Waals surface area contributed by atoms with Gasteiger partial charge in [-0.15, -0.1) is 0 Å². The third-order valence-corrected chi connectivity index (χ3v) is 3.11. The Hall–Kier alpha value is -0.0400. The maximum Gasteiger partial charge on any atom is 0.00388 e. The molecular weight excluding hydrogens is 158 g/mol. The molecule has 0 atom stereocenters. The van der Waals surface area contributed by atoms with Crippen LogP contribution in [0.2, 0.25) is 0 Å². The fraction of sp³-hybridized carbons (Fsp3) is 1.00. The molecular formula is C12H25N. The zero-order chi connectivity index (χ0) is 9.84. The first kappa shape index (κ1) is 11.0. The van der Waals surface area contributed by atoms with E-state index < -0.39 is 0 Å². The molecule has 0 N–H and O–H groups in total. The second-order valence-electron chi connectivity index (χ2n) is 5.24. The molecule has 78 valence electrons. The van der Waals surface area contributed by atoms with Gasteiger partial charge in [0.2, 0.25) is 0 Å². The Labute approximate surface area is 83.5 Å². The van der Waals surface area contributed by atoms with Crippen LogP contribution in [-0.4, -0.2) is 24.0 Å². The quantitative estimate of drug-likeness (QED) is 0.633. The van der Waals surface area contributed by atoms with Gasteiger partial charge in [0.05, 0.1) is 0 Å². The summed E-state index contributed by atoms with van der Waals surface area (Å²) in [5.74, 6) is 1.91. The fourth-order valence-corrected chi connectivity index (χ4v) is 2.03. The molecule has 0 amide bonds. The maximum atomic E-state index is 2.57. The van der Waals surface area contributed by atoms with Crippen molar-refractivity contribution < 1.29 is 0 Å². The van der Waals surface area contributed by atoms with Crippen molar-refractivity contribution in [1.82, 2.24) is 4.90 Å². The van der Waals surface area contributed by atoms with Crippen LogP contribution in [0.3, 0.4) is 0 Å². The number of hydrogen-bond donors (Lipinski definition) is 0. The first-order valence-corrected chi connectivity index (χ1v) is 5.83. The van der Waals surface area contributed by atoms with Crippen molar-refractivity contribution in [2.75, 3.05) is 13.1 Å². The van der Waals surface area contributed by atoms with E-state index in [2.05, 4.69) is 32.6 Å². The summed E-state index contributed by atoms with van der Waals surface area (Å²) < 4.78 is 0. The second-order valence-corrected chi connectivity index (χ2v) is 5.24. The van der Waals surface area contributed by atoms with Crippen LogP contribution in [0.5, 0.6) is 0 Å². The van der Waals surface area contributed by atoms with E-state index in [0.717, 1.165) is 17.9 Å². The maximum absolute atomic E-state index is 2.57. The van der Waals surface area contributed by atoms with E-state index >= 15 is 0 Å². The van der Waals surface area contributed by atoms with Crippen molar-refractivity contribution in [3.05, 3.63) is 0 Å². The van der Waals surface area contributed by atoms with Crippen LogP contribution in [-0.2, 0) is 0 Å². The summed E-state index contributed by atoms with van der Waals surface area (Å²) in [5.41, 5.74) is 0. The molecule has 0 aromatic heterocycles. The van der Waals surface area contributed by atoms with Crippen LogP contribution in [0.25, 0.3) is 0 Å². The van der Waals surface area contributed by atoms with Crippen LogP contribution in [0.15, 0.2) is 0 Å². The highest BCUT2D eigenvalue weighted by Gasteiger charge is 2.27. The molecule has 1 heteroatoms. The van der Waals surface area contributed by atoms with Crippen LogP contribution >= 0.6 is 0 Å². The van der Waals surface area contributed by atoms with Gasteiger partial charge in [0.1, 0.15) is 0 Å². The number of rotatable bonds is 5. The number of hydrogen-bond acceptors (Lipinski definition) is 1. The largest absolute Gasteiger partial charge is 0.300 e. The van der Waals surface area contributed by atoms with E-state index in [-0.39, 0.29) is 0 Å². The Balaban J connectivity index is 1.96. The molecule has 0 spiro atoms. The summed E-state index contributed by atoms with van der Waals surface area (Å²) in [6.45, 7) is 11.9. The third-order valence-electron chi connectivity index (χ3n) is 3.11. The average molecular weight is 183 g/mol. The van der Waals surface area contributed by atoms with Crippen molar-refractivity contribution in [1.29, 1.82) is 0 Å². The molecule has 1 heterocycles. The van der Waals surface area contributed by atoms with E-state index in [9.17, 15) is 0 Å². The summed E-state index contributed by atoms with van der Waals surface area (Å²) in [5, 5.41) is 0. The molecule has 0 saturated carbocycles. The molecule has 13 heavy (non-hydrogen) atoms. The zero-order valence-corrected chi connectivity index (χ0v) is 9.71. The molecule has 1 fully saturated rings. The molecule has 0 aliphatic carbocycles. The fourth-order valence-electron chi connectivity index (χ4n) is 2.03. The van der Waals surface area contributed by atoms with Gasteiger partial charge in [-0.05, 0) is 32.1 Å². The smallest absolute Gasteiger partial charge is 0.00388 e. The lowest BCUT2D eigenvalue weighted by molar-refractivity contribution is 0.0608. The highest BCUT2D eigenvalue weighted by molar-refractivity contribution is 4.81. The van der Waals surface area contributed by atoms with E-state index in [0.29, 0.717) is 0 Å². The lowest BCUT2D eigenvalue weighted by atomic mass is 9.91. The summed E-state index contributed by atoms with van der Waals surface area (Å²) in [4.78, 5) is 2.57. The molecule has 0 radical (unpaired) electrons. The third kappa shape index (κ3) is 3.68. The molecule has 0 unspecified atom stereocenters. The van der Waals surface area contributed by atoms with E-state index in [1.54, 1.807) is 0 Å². The lowest BCUT2D eigenvalue weighted by Crippen LogP contribution is -2.49. The van der Waals surface area contributed by atoms with Gasteiger partial charge in [-0.3, -0.25) is 0 Å². The Morgan fingerprint density at radius 2 is 1.77 bits per heavy atom. The minimum Gasteiger partial charge on any atom is -0.300 e. The van der Waals surface area contributed by atoms with Gasteiger partial charge in [0, 0.05) is 19.1 Å². The standard InChI is InChI=1S/C12H25N/c1-10(2)6-5-7-12-8-13(9-12)11(3)4/h10-12H,5-9H2,1-4H3. The first-order valence-electron chi connectivity index (χ1n) is 5.83. The molecule has 0 aromatic rings. The number of likely N-dealkylation sites (tertiary alicyclic amines) is 1. The molecule has 1 saturated heterocycles. The monoisotopic (exact) mass is 183 g/mol. The van der Waals surface area contributed by atoms with Crippen molar-refractivity contribution in [2.24, 2.45) is 11.8 Å². The van der Waals surface area contributed by atoms with E-state index in [1.807, 2.05) is 0 Å². The van der Waals surface area contributed by atoms with Gasteiger partial charge in [-0.2, -0.15) is 0 Å². The van der Waals surface area contributed by atoms with Gasteiger partial charge in [0.25, 0.3) is 0 Å². The van der Waals surface area contributed by atoms with Crippen LogP contribution in [0, 0.1) is 11.8 Å². The second kappa shape index (κ2) is 4.99. The lowest BCUT2D eigenvalue weighted by Gasteiger charge is -2.42. The van der Waals surface area contributed by atoms with Gasteiger partial charge in [-0.1, -0.05) is 26.7 Å². The predicted octanol–water partition coefficient (Wildman–Crippen LogP) is 3.15. The number of nitrogens with zero attached hydrogens (tertiary/aromatic N) is 1. The van der Waals surface area contributed by atoms with Crippen LogP contribution < -0.4 is 0 Å². The van der Waals surface area contributed by atoms with Gasteiger partial charge >= 0.3 is 0 Å². The molecule has 1 aliphatic rings. The normalized spacial score (nSPS) is 19.8. The van der Waals surface area contributed by atoms with Crippen molar-refractivity contribution in [3.63, 3.8) is 0 Å². The molecule has 1 rings (SSSR count). The van der Waals surface area contributed by atoms with Gasteiger partial charge in [0.15, 0.2) is 0 Å². The zero-order valence-electron chi connectivity index (χ0n) is 9.71. The van der Waals surface area contributed by atoms with Crippen molar-refractivity contribution >= 4 is 0 Å². The SMILES string of the molecule is CC(C)CCCC1CN(C(C)C)C1. The highest BCUT2D eigenvalue weighted by Crippen LogP contribution is 2.23. The summed E-state index contributed by atoms with van der Waals surface area (Å²) >= 11 is 0. The highest BCUT2D eigenvalue weighted by atomic mass is 15.2. The Bertz CT molecular complexity index is 134. The molecule has 0 aromatic carbocycles. The van der Waals surface area contributed by atoms with Gasteiger partial charge in [-0.25, -0.2) is 0 Å². The Morgan fingerprint density at radius 1 is 1.15 bits per heavy atom. The summed E-state index contributed by atoms with van der Waals surface area (Å²) in [7, 11) is 0. The average Bonchev–Trinajstić information content (AvgIpc) is 1.92. The van der Waals surface area contributed by atoms with E-state index in [1.165, 1.54) is 32.4 Å². The molecule has 1 nitrogen and oxygen atoms in total. The predicted molar refractivity (Wildman–Crippen MR) is 58.9 cm³/mol. The van der Waals surface area contributed by atoms with Crippen LogP contribution in [0.1, 0.15) is 47.0 Å². The van der Waals surface area contributed by atoms with Crippen molar-refractivity contribution in [2.45, 2.75) is 53.0 Å². The Kier molecular flexibility index (Phi) is 4.24. The van der Waals surface area contributed by atoms with E-state index in [4.69, 9.17) is 0 Å². The van der Waals surface area contributed by atoms with Gasteiger partial charge < -0.3 is 4.90 Å². The summed E-state index contributed by atoms with van der Waals surface area (Å²) in [6, 6.07) is 0.765. The Morgan fingerprint density at radius 3 is 2.23 bits per heavy atom. The minimum absolute atomic E-state index is 0.765. The molecule has 1 aliphatic heterocycles. The van der Waals surface area contributed by atoms with Crippen molar-refractivity contribution in [3.8, 4) is 0 Å². The summed E-state index contributed by atoms with van der Waals surface area (Å²) in [6.07, 6.45) is 4.31. The topological polar surface area (TPSA) is 3.24 Å². The minimum atomic E-state index is 0.765. The first-order chi connectivity index (χ1) is 6.09.